The van der Waals surface area contributed by atoms with Crippen LogP contribution in [-0.2, 0) is 26.0 Å². The zero-order chi connectivity index (χ0) is 26.4. The first-order valence-corrected chi connectivity index (χ1v) is 13.6. The van der Waals surface area contributed by atoms with Crippen LogP contribution in [0.15, 0.2) is 65.6 Å². The number of nitrogens with one attached hydrogen (secondary N) is 1. The van der Waals surface area contributed by atoms with Gasteiger partial charge in [0.05, 0.1) is 19.1 Å². The second-order valence-corrected chi connectivity index (χ2v) is 10.8. The van der Waals surface area contributed by atoms with Gasteiger partial charge in [-0.25, -0.2) is 13.1 Å². The first-order valence-electron chi connectivity index (χ1n) is 12.1. The maximum atomic E-state index is 13.2. The van der Waals surface area contributed by atoms with E-state index in [1.54, 1.807) is 12.1 Å². The molecular weight excluding hydrogens is 494 g/mol. The van der Waals surface area contributed by atoms with E-state index in [4.69, 9.17) is 9.84 Å². The molecule has 196 valence electrons. The van der Waals surface area contributed by atoms with Gasteiger partial charge >= 0.3 is 5.97 Å². The summed E-state index contributed by atoms with van der Waals surface area (Å²) in [5.41, 5.74) is 1.92. The van der Waals surface area contributed by atoms with Crippen LogP contribution in [0, 0.1) is 0 Å². The largest absolute Gasteiger partial charge is 0.492 e. The summed E-state index contributed by atoms with van der Waals surface area (Å²) in [7, 11) is -2.17. The Labute approximate surface area is 216 Å². The van der Waals surface area contributed by atoms with Gasteiger partial charge in [-0.2, -0.15) is 0 Å². The van der Waals surface area contributed by atoms with Gasteiger partial charge in [0.25, 0.3) is 0 Å². The number of aldehydes is 1. The van der Waals surface area contributed by atoms with Gasteiger partial charge in [0.15, 0.2) is 0 Å². The van der Waals surface area contributed by atoms with Gasteiger partial charge in [0, 0.05) is 44.4 Å². The van der Waals surface area contributed by atoms with Crippen LogP contribution in [0.3, 0.4) is 0 Å². The number of aliphatic carboxylic acids is 1. The summed E-state index contributed by atoms with van der Waals surface area (Å²) in [5.74, 6) is -1.12. The minimum absolute atomic E-state index is 0.138. The van der Waals surface area contributed by atoms with E-state index in [1.165, 1.54) is 6.07 Å². The number of carbonyl (C=O) groups is 2. The molecule has 9 nitrogen and oxygen atoms in total. The number of carbonyl (C=O) groups excluding carboxylic acids is 1. The molecule has 0 saturated carbocycles. The Morgan fingerprint density at radius 3 is 2.54 bits per heavy atom. The summed E-state index contributed by atoms with van der Waals surface area (Å²) < 4.78 is 34.6. The monoisotopic (exact) mass is 525 g/mol. The van der Waals surface area contributed by atoms with Crippen LogP contribution in [0.2, 0.25) is 0 Å². The zero-order valence-corrected chi connectivity index (χ0v) is 21.5. The van der Waals surface area contributed by atoms with Crippen molar-refractivity contribution in [1.29, 1.82) is 0 Å². The first kappa shape index (κ1) is 26.6. The molecular formula is C27H31N3O6S. The maximum absolute atomic E-state index is 13.2. The van der Waals surface area contributed by atoms with Crippen LogP contribution in [0.1, 0.15) is 12.0 Å². The van der Waals surface area contributed by atoms with Crippen molar-refractivity contribution in [2.45, 2.75) is 23.8 Å². The van der Waals surface area contributed by atoms with Gasteiger partial charge in [-0.3, -0.25) is 4.79 Å². The average Bonchev–Trinajstić information content (AvgIpc) is 2.88. The SMILES string of the molecule is CN1CCN(c2ccc(S(=O)(=O)N[C@H](C=O)CC(=O)O)c(OCCc3cccc4ccccc34)c2)CC1. The molecule has 0 unspecified atom stereocenters. The fraction of sp³-hybridized carbons (Fsp3) is 0.333. The zero-order valence-electron chi connectivity index (χ0n) is 20.7. The van der Waals surface area contributed by atoms with Crippen LogP contribution in [-0.4, -0.2) is 76.6 Å². The normalized spacial score (nSPS) is 15.4. The Kier molecular flexibility index (Phi) is 8.42. The lowest BCUT2D eigenvalue weighted by Gasteiger charge is -2.34. The minimum atomic E-state index is -4.23. The summed E-state index contributed by atoms with van der Waals surface area (Å²) in [6, 6.07) is 17.6. The summed E-state index contributed by atoms with van der Waals surface area (Å²) in [4.78, 5) is 26.6. The molecule has 37 heavy (non-hydrogen) atoms. The van der Waals surface area contributed by atoms with E-state index in [0.29, 0.717) is 6.42 Å². The number of hydrogen-bond acceptors (Lipinski definition) is 7. The average molecular weight is 526 g/mol. The fourth-order valence-corrected chi connectivity index (χ4v) is 5.74. The van der Waals surface area contributed by atoms with Gasteiger partial charge < -0.3 is 24.4 Å². The van der Waals surface area contributed by atoms with Crippen LogP contribution < -0.4 is 14.4 Å². The standard InChI is InChI=1S/C27H31N3O6S/c1-29-12-14-30(15-13-29)23-9-10-26(37(34,35)28-22(19-31)17-27(32)33)25(18-23)36-16-11-21-7-4-6-20-5-2-3-8-24(20)21/h2-10,18-19,22,28H,11-17H2,1H3,(H,32,33)/t22-/m0/s1. The van der Waals surface area contributed by atoms with E-state index in [1.807, 2.05) is 42.5 Å². The lowest BCUT2D eigenvalue weighted by molar-refractivity contribution is -0.138. The molecule has 3 aromatic carbocycles. The third-order valence-corrected chi connectivity index (χ3v) is 7.99. The van der Waals surface area contributed by atoms with E-state index in [9.17, 15) is 18.0 Å². The van der Waals surface area contributed by atoms with Crippen molar-refractivity contribution in [1.82, 2.24) is 9.62 Å². The van der Waals surface area contributed by atoms with Crippen LogP contribution in [0.5, 0.6) is 5.75 Å². The number of anilines is 1. The van der Waals surface area contributed by atoms with Crippen molar-refractivity contribution in [2.75, 3.05) is 44.7 Å². The van der Waals surface area contributed by atoms with E-state index in [0.717, 1.165) is 48.2 Å². The molecule has 2 N–H and O–H groups in total. The van der Waals surface area contributed by atoms with E-state index in [-0.39, 0.29) is 23.5 Å². The molecule has 3 aromatic rings. The Hall–Kier alpha value is -3.47. The topological polar surface area (TPSA) is 116 Å². The summed E-state index contributed by atoms with van der Waals surface area (Å²) in [6.07, 6.45) is 0.188. The number of carboxylic acids is 1. The molecule has 1 saturated heterocycles. The second-order valence-electron chi connectivity index (χ2n) is 9.12. The van der Waals surface area contributed by atoms with Gasteiger partial charge in [-0.1, -0.05) is 42.5 Å². The van der Waals surface area contributed by atoms with Crippen molar-refractivity contribution >= 4 is 38.7 Å². The van der Waals surface area contributed by atoms with Crippen molar-refractivity contribution < 1.29 is 27.9 Å². The number of sulfonamides is 1. The highest BCUT2D eigenvalue weighted by atomic mass is 32.2. The number of carboxylic acid groups (broad SMARTS) is 1. The molecule has 1 heterocycles. The van der Waals surface area contributed by atoms with Crippen molar-refractivity contribution in [2.24, 2.45) is 0 Å². The summed E-state index contributed by atoms with van der Waals surface area (Å²) in [5, 5.41) is 11.2. The lowest BCUT2D eigenvalue weighted by atomic mass is 10.0. The van der Waals surface area contributed by atoms with Crippen LogP contribution in [0.25, 0.3) is 10.8 Å². The van der Waals surface area contributed by atoms with Crippen molar-refractivity contribution in [3.63, 3.8) is 0 Å². The molecule has 1 atom stereocenters. The molecule has 0 amide bonds. The maximum Gasteiger partial charge on any atom is 0.305 e. The lowest BCUT2D eigenvalue weighted by Crippen LogP contribution is -2.44. The second kappa shape index (κ2) is 11.7. The van der Waals surface area contributed by atoms with Crippen molar-refractivity contribution in [3.05, 3.63) is 66.2 Å². The molecule has 1 aliphatic heterocycles. The molecule has 1 aliphatic rings. The summed E-state index contributed by atoms with van der Waals surface area (Å²) >= 11 is 0. The molecule has 0 aliphatic carbocycles. The summed E-state index contributed by atoms with van der Waals surface area (Å²) in [6.45, 7) is 3.59. The number of benzene rings is 3. The highest BCUT2D eigenvalue weighted by Gasteiger charge is 2.26. The predicted octanol–water partition coefficient (Wildman–Crippen LogP) is 2.53. The number of fused-ring (bicyclic) bond motifs is 1. The third kappa shape index (κ3) is 6.65. The first-order chi connectivity index (χ1) is 17.8. The Morgan fingerprint density at radius 1 is 1.08 bits per heavy atom. The van der Waals surface area contributed by atoms with Gasteiger partial charge in [-0.15, -0.1) is 0 Å². The third-order valence-electron chi connectivity index (χ3n) is 6.46. The van der Waals surface area contributed by atoms with Crippen LogP contribution in [0.4, 0.5) is 5.69 Å². The highest BCUT2D eigenvalue weighted by molar-refractivity contribution is 7.89. The molecule has 4 rings (SSSR count). The number of nitrogens with zero attached hydrogens (tertiary/aromatic N) is 2. The van der Waals surface area contributed by atoms with Gasteiger partial charge in [0.2, 0.25) is 10.0 Å². The number of likely N-dealkylation sites (N-methyl/N-ethyl adjacent to an activating group) is 1. The van der Waals surface area contributed by atoms with Gasteiger partial charge in [-0.05, 0) is 35.5 Å². The van der Waals surface area contributed by atoms with E-state index in [2.05, 4.69) is 21.6 Å². The predicted molar refractivity (Wildman–Crippen MR) is 142 cm³/mol. The van der Waals surface area contributed by atoms with E-state index >= 15 is 0 Å². The van der Waals surface area contributed by atoms with E-state index < -0.39 is 28.5 Å². The Balaban J connectivity index is 1.60. The number of rotatable bonds is 11. The Morgan fingerprint density at radius 2 is 1.81 bits per heavy atom. The minimum Gasteiger partial charge on any atom is -0.492 e. The highest BCUT2D eigenvalue weighted by Crippen LogP contribution is 2.31. The Bertz CT molecular complexity index is 1360. The molecule has 1 fully saturated rings. The molecule has 0 bridgehead atoms. The number of hydrogen-bond donors (Lipinski definition) is 2. The number of piperazine rings is 1. The van der Waals surface area contributed by atoms with Crippen LogP contribution >= 0.6 is 0 Å². The van der Waals surface area contributed by atoms with Gasteiger partial charge in [0.1, 0.15) is 16.9 Å². The van der Waals surface area contributed by atoms with Crippen molar-refractivity contribution in [3.8, 4) is 5.75 Å². The fourth-order valence-electron chi connectivity index (χ4n) is 4.44. The number of ether oxygens (including phenoxy) is 1. The quantitative estimate of drug-likeness (QED) is 0.367. The molecule has 0 spiro atoms. The molecule has 10 heteroatoms. The molecule has 0 aromatic heterocycles. The molecule has 0 radical (unpaired) electrons. The smallest absolute Gasteiger partial charge is 0.305 e.